The van der Waals surface area contributed by atoms with Gasteiger partial charge in [0.15, 0.2) is 23.0 Å². The highest BCUT2D eigenvalue weighted by Crippen LogP contribution is 2.31. The zero-order chi connectivity index (χ0) is 17.9. The second-order valence-corrected chi connectivity index (χ2v) is 7.54. The van der Waals surface area contributed by atoms with Gasteiger partial charge >= 0.3 is 0 Å². The molecule has 4 aliphatic rings. The highest BCUT2D eigenvalue weighted by atomic mass is 16.7. The summed E-state index contributed by atoms with van der Waals surface area (Å²) in [6.45, 7) is 10.2. The molecule has 0 aromatic heterocycles. The molecular formula is C21H26O4. The third-order valence-corrected chi connectivity index (χ3v) is 4.07. The van der Waals surface area contributed by atoms with Crippen LogP contribution in [0.2, 0.25) is 0 Å². The number of fused-ring (bicyclic) bond motifs is 2. The molecular weight excluding hydrogens is 316 g/mol. The van der Waals surface area contributed by atoms with E-state index in [9.17, 15) is 0 Å². The molecule has 25 heavy (non-hydrogen) atoms. The molecule has 0 amide bonds. The standard InChI is InChI=1S/C11H14O2.C10H12O2/c1-11(2)5-3-4-9-10(8-11)13-7-6-12-9;1-10(2)5-3-4-8-9(6-10)12-7-11-8/h3-5,8H,6-7H2,1-2H3;3-6H,7H2,1-2H3. The molecule has 2 aliphatic carbocycles. The van der Waals surface area contributed by atoms with Crippen molar-refractivity contribution < 1.29 is 18.9 Å². The van der Waals surface area contributed by atoms with Gasteiger partial charge in [0.25, 0.3) is 0 Å². The zero-order valence-corrected chi connectivity index (χ0v) is 15.4. The predicted molar refractivity (Wildman–Crippen MR) is 97.1 cm³/mol. The lowest BCUT2D eigenvalue weighted by molar-refractivity contribution is 0.0583. The topological polar surface area (TPSA) is 36.9 Å². The molecule has 2 saturated heterocycles. The Kier molecular flexibility index (Phi) is 4.80. The highest BCUT2D eigenvalue weighted by molar-refractivity contribution is 5.33. The molecule has 0 aromatic rings. The fraction of sp³-hybridized carbons (Fsp3) is 0.429. The molecule has 134 valence electrons. The first-order valence-corrected chi connectivity index (χ1v) is 8.61. The van der Waals surface area contributed by atoms with Crippen molar-refractivity contribution in [3.05, 3.63) is 71.6 Å². The number of hydrogen-bond donors (Lipinski definition) is 0. The van der Waals surface area contributed by atoms with Gasteiger partial charge < -0.3 is 18.9 Å². The Hall–Kier alpha value is -2.36. The minimum absolute atomic E-state index is 0.0499. The first-order valence-electron chi connectivity index (χ1n) is 8.61. The van der Waals surface area contributed by atoms with Crippen molar-refractivity contribution >= 4 is 0 Å². The summed E-state index contributed by atoms with van der Waals surface area (Å²) in [7, 11) is 0. The van der Waals surface area contributed by atoms with Crippen molar-refractivity contribution in [2.45, 2.75) is 27.7 Å². The van der Waals surface area contributed by atoms with E-state index in [-0.39, 0.29) is 10.8 Å². The van der Waals surface area contributed by atoms with Gasteiger partial charge in [-0.3, -0.25) is 0 Å². The quantitative estimate of drug-likeness (QED) is 0.636. The summed E-state index contributed by atoms with van der Waals surface area (Å²) in [5.74, 6) is 3.44. The van der Waals surface area contributed by atoms with E-state index in [1.807, 2.05) is 24.3 Å². The Balaban J connectivity index is 0.000000146. The van der Waals surface area contributed by atoms with Crippen molar-refractivity contribution in [1.82, 2.24) is 0 Å². The molecule has 0 spiro atoms. The third-order valence-electron chi connectivity index (χ3n) is 4.07. The van der Waals surface area contributed by atoms with Crippen molar-refractivity contribution in [3.8, 4) is 0 Å². The van der Waals surface area contributed by atoms with Crippen molar-refractivity contribution in [2.24, 2.45) is 10.8 Å². The van der Waals surface area contributed by atoms with Gasteiger partial charge in [0, 0.05) is 10.8 Å². The normalized spacial score (nSPS) is 24.5. The van der Waals surface area contributed by atoms with Gasteiger partial charge in [0.2, 0.25) is 6.79 Å². The molecule has 0 unspecified atom stereocenters. The van der Waals surface area contributed by atoms with E-state index in [2.05, 4.69) is 52.0 Å². The average Bonchev–Trinajstić information content (AvgIpc) is 2.81. The molecule has 4 rings (SSSR count). The maximum absolute atomic E-state index is 5.53. The van der Waals surface area contributed by atoms with Crippen LogP contribution < -0.4 is 0 Å². The molecule has 0 atom stereocenters. The van der Waals surface area contributed by atoms with Crippen LogP contribution in [0.15, 0.2) is 71.6 Å². The van der Waals surface area contributed by atoms with Crippen LogP contribution in [0.5, 0.6) is 0 Å². The first kappa shape index (κ1) is 17.5. The summed E-state index contributed by atoms with van der Waals surface area (Å²) >= 11 is 0. The third kappa shape index (κ3) is 4.59. The molecule has 4 nitrogen and oxygen atoms in total. The predicted octanol–water partition coefficient (Wildman–Crippen LogP) is 4.75. The first-order chi connectivity index (χ1) is 11.8. The summed E-state index contributed by atoms with van der Waals surface area (Å²) in [4.78, 5) is 0. The van der Waals surface area contributed by atoms with Crippen LogP contribution in [-0.4, -0.2) is 20.0 Å². The number of rotatable bonds is 0. The molecule has 0 saturated carbocycles. The van der Waals surface area contributed by atoms with E-state index in [4.69, 9.17) is 18.9 Å². The van der Waals surface area contributed by atoms with Crippen LogP contribution in [0.4, 0.5) is 0 Å². The summed E-state index contributed by atoms with van der Waals surface area (Å²) in [6, 6.07) is 0. The van der Waals surface area contributed by atoms with Gasteiger partial charge in [-0.15, -0.1) is 0 Å². The van der Waals surface area contributed by atoms with Gasteiger partial charge in [-0.25, -0.2) is 0 Å². The molecule has 2 aliphatic heterocycles. The molecule has 4 heteroatoms. The molecule has 0 radical (unpaired) electrons. The fourth-order valence-corrected chi connectivity index (χ4v) is 2.77. The Labute approximate surface area is 149 Å². The van der Waals surface area contributed by atoms with Crippen LogP contribution in [0.1, 0.15) is 27.7 Å². The van der Waals surface area contributed by atoms with Crippen molar-refractivity contribution in [3.63, 3.8) is 0 Å². The van der Waals surface area contributed by atoms with Gasteiger partial charge in [0.1, 0.15) is 13.2 Å². The maximum Gasteiger partial charge on any atom is 0.231 e. The summed E-state index contributed by atoms with van der Waals surface area (Å²) < 4.78 is 21.5. The largest absolute Gasteiger partial charge is 0.486 e. The monoisotopic (exact) mass is 342 g/mol. The van der Waals surface area contributed by atoms with Crippen LogP contribution >= 0.6 is 0 Å². The van der Waals surface area contributed by atoms with Crippen molar-refractivity contribution in [2.75, 3.05) is 20.0 Å². The SMILES string of the molecule is CC1(C)C=CC=C2OCCOC2=C1.CC1(C)C=CC=C2OCOC2=C1. The summed E-state index contributed by atoms with van der Waals surface area (Å²) in [5.41, 5.74) is 0.107. The Morgan fingerprint density at radius 3 is 1.68 bits per heavy atom. The summed E-state index contributed by atoms with van der Waals surface area (Å²) in [5, 5.41) is 0. The van der Waals surface area contributed by atoms with Gasteiger partial charge in [-0.1, -0.05) is 52.0 Å². The number of ether oxygens (including phenoxy) is 4. The lowest BCUT2D eigenvalue weighted by Gasteiger charge is -2.22. The Morgan fingerprint density at radius 1 is 0.640 bits per heavy atom. The molecule has 0 N–H and O–H groups in total. The second kappa shape index (κ2) is 6.87. The zero-order valence-electron chi connectivity index (χ0n) is 15.4. The van der Waals surface area contributed by atoms with Crippen LogP contribution in [0.25, 0.3) is 0 Å². The molecule has 2 heterocycles. The minimum atomic E-state index is 0.0499. The average molecular weight is 342 g/mol. The van der Waals surface area contributed by atoms with E-state index in [1.54, 1.807) is 0 Å². The fourth-order valence-electron chi connectivity index (χ4n) is 2.77. The second-order valence-electron chi connectivity index (χ2n) is 7.54. The van der Waals surface area contributed by atoms with Gasteiger partial charge in [0.05, 0.1) is 0 Å². The summed E-state index contributed by atoms with van der Waals surface area (Å²) in [6.07, 6.45) is 16.4. The maximum atomic E-state index is 5.53. The van der Waals surface area contributed by atoms with E-state index in [1.165, 1.54) is 0 Å². The van der Waals surface area contributed by atoms with Crippen molar-refractivity contribution in [1.29, 1.82) is 0 Å². The van der Waals surface area contributed by atoms with Gasteiger partial charge in [-0.2, -0.15) is 0 Å². The Morgan fingerprint density at radius 2 is 1.08 bits per heavy atom. The van der Waals surface area contributed by atoms with Crippen LogP contribution in [0, 0.1) is 10.8 Å². The lowest BCUT2D eigenvalue weighted by atomic mass is 9.93. The number of allylic oxidation sites excluding steroid dienone is 8. The lowest BCUT2D eigenvalue weighted by Crippen LogP contribution is -2.15. The van der Waals surface area contributed by atoms with Gasteiger partial charge in [-0.05, 0) is 24.3 Å². The van der Waals surface area contributed by atoms with Crippen LogP contribution in [0.3, 0.4) is 0 Å². The van der Waals surface area contributed by atoms with Crippen LogP contribution in [-0.2, 0) is 18.9 Å². The van der Waals surface area contributed by atoms with E-state index in [0.717, 1.165) is 23.0 Å². The minimum Gasteiger partial charge on any atom is -0.486 e. The van der Waals surface area contributed by atoms with E-state index >= 15 is 0 Å². The highest BCUT2D eigenvalue weighted by Gasteiger charge is 2.23. The molecule has 0 bridgehead atoms. The molecule has 0 aromatic carbocycles. The number of hydrogen-bond acceptors (Lipinski definition) is 4. The smallest absolute Gasteiger partial charge is 0.231 e. The van der Waals surface area contributed by atoms with E-state index in [0.29, 0.717) is 20.0 Å². The molecule has 2 fully saturated rings. The van der Waals surface area contributed by atoms with E-state index < -0.39 is 0 Å². The Bertz CT molecular complexity index is 699.